The summed E-state index contributed by atoms with van der Waals surface area (Å²) in [6, 6.07) is 22.1. The molecule has 7 heteroatoms. The van der Waals surface area contributed by atoms with E-state index in [-0.39, 0.29) is 18.0 Å². The van der Waals surface area contributed by atoms with Gasteiger partial charge >= 0.3 is 6.03 Å². The van der Waals surface area contributed by atoms with E-state index in [0.29, 0.717) is 16.9 Å². The molecule has 3 aromatic carbocycles. The topological polar surface area (TPSA) is 88.1 Å². The number of nitrogens with one attached hydrogen (secondary N) is 3. The quantitative estimate of drug-likeness (QED) is 0.418. The van der Waals surface area contributed by atoms with Crippen LogP contribution in [0.15, 0.2) is 72.8 Å². The van der Waals surface area contributed by atoms with E-state index in [1.807, 2.05) is 69.4 Å². The van der Waals surface area contributed by atoms with E-state index in [1.54, 1.807) is 24.3 Å². The average Bonchev–Trinajstić information content (AvgIpc) is 3.11. The SMILES string of the molecule is CC(C)NC(=O)Nc1ccc(C(=O)Nc2ccc(-c3nc4ccccc4n3C)cc2)cc1. The van der Waals surface area contributed by atoms with Crippen molar-refractivity contribution in [2.24, 2.45) is 7.05 Å². The zero-order valence-corrected chi connectivity index (χ0v) is 18.2. The molecule has 1 aromatic heterocycles. The number of aryl methyl sites for hydroxylation is 1. The van der Waals surface area contributed by atoms with Gasteiger partial charge in [0.05, 0.1) is 11.0 Å². The van der Waals surface area contributed by atoms with Gasteiger partial charge in [-0.1, -0.05) is 12.1 Å². The number of imidazole rings is 1. The molecule has 32 heavy (non-hydrogen) atoms. The fourth-order valence-electron chi connectivity index (χ4n) is 3.44. The molecule has 3 amide bonds. The third kappa shape index (κ3) is 4.62. The third-order valence-corrected chi connectivity index (χ3v) is 5.01. The summed E-state index contributed by atoms with van der Waals surface area (Å²) in [6.45, 7) is 3.77. The van der Waals surface area contributed by atoms with Gasteiger partial charge in [0.25, 0.3) is 5.91 Å². The number of rotatable bonds is 5. The van der Waals surface area contributed by atoms with Crippen molar-refractivity contribution in [1.82, 2.24) is 14.9 Å². The molecule has 0 fully saturated rings. The van der Waals surface area contributed by atoms with E-state index in [1.165, 1.54) is 0 Å². The van der Waals surface area contributed by atoms with Gasteiger partial charge in [0.15, 0.2) is 0 Å². The number of hydrogen-bond acceptors (Lipinski definition) is 3. The lowest BCUT2D eigenvalue weighted by molar-refractivity contribution is 0.102. The van der Waals surface area contributed by atoms with E-state index in [4.69, 9.17) is 4.98 Å². The Kier molecular flexibility index (Phi) is 5.89. The third-order valence-electron chi connectivity index (χ3n) is 5.01. The number of carbonyl (C=O) groups excluding carboxylic acids is 2. The van der Waals surface area contributed by atoms with Gasteiger partial charge in [0.1, 0.15) is 5.82 Å². The summed E-state index contributed by atoms with van der Waals surface area (Å²) >= 11 is 0. The number of para-hydroxylation sites is 2. The Morgan fingerprint density at radius 1 is 0.844 bits per heavy atom. The van der Waals surface area contributed by atoms with Crippen LogP contribution in [-0.4, -0.2) is 27.5 Å². The van der Waals surface area contributed by atoms with Crippen molar-refractivity contribution in [3.8, 4) is 11.4 Å². The van der Waals surface area contributed by atoms with Crippen LogP contribution in [0.3, 0.4) is 0 Å². The van der Waals surface area contributed by atoms with Gasteiger partial charge in [0, 0.05) is 35.6 Å². The number of carbonyl (C=O) groups is 2. The van der Waals surface area contributed by atoms with Gasteiger partial charge in [-0.05, 0) is 74.5 Å². The molecule has 0 saturated heterocycles. The summed E-state index contributed by atoms with van der Waals surface area (Å²) in [6.07, 6.45) is 0. The second kappa shape index (κ2) is 8.93. The number of nitrogens with zero attached hydrogens (tertiary/aromatic N) is 2. The maximum absolute atomic E-state index is 12.6. The lowest BCUT2D eigenvalue weighted by atomic mass is 10.1. The molecular formula is C25H25N5O2. The number of benzene rings is 3. The van der Waals surface area contributed by atoms with Crippen molar-refractivity contribution in [1.29, 1.82) is 0 Å². The zero-order valence-electron chi connectivity index (χ0n) is 18.2. The van der Waals surface area contributed by atoms with Crippen molar-refractivity contribution >= 4 is 34.3 Å². The Morgan fingerprint density at radius 2 is 1.47 bits per heavy atom. The van der Waals surface area contributed by atoms with Crippen LogP contribution in [0.25, 0.3) is 22.4 Å². The van der Waals surface area contributed by atoms with Crippen molar-refractivity contribution in [2.75, 3.05) is 10.6 Å². The highest BCUT2D eigenvalue weighted by Gasteiger charge is 2.11. The van der Waals surface area contributed by atoms with E-state index in [0.717, 1.165) is 22.4 Å². The molecule has 0 atom stereocenters. The fourth-order valence-corrected chi connectivity index (χ4v) is 3.44. The number of aromatic nitrogens is 2. The number of urea groups is 1. The van der Waals surface area contributed by atoms with Gasteiger partial charge in [-0.15, -0.1) is 0 Å². The van der Waals surface area contributed by atoms with Crippen LogP contribution >= 0.6 is 0 Å². The maximum Gasteiger partial charge on any atom is 0.319 e. The van der Waals surface area contributed by atoms with Crippen LogP contribution < -0.4 is 16.0 Å². The molecule has 1 heterocycles. The molecule has 0 spiro atoms. The van der Waals surface area contributed by atoms with Crippen LogP contribution in [0.4, 0.5) is 16.2 Å². The highest BCUT2D eigenvalue weighted by Crippen LogP contribution is 2.25. The van der Waals surface area contributed by atoms with Crippen LogP contribution in [0.1, 0.15) is 24.2 Å². The molecule has 0 aliphatic carbocycles. The van der Waals surface area contributed by atoms with Gasteiger partial charge in [-0.25, -0.2) is 9.78 Å². The van der Waals surface area contributed by atoms with Gasteiger partial charge < -0.3 is 20.5 Å². The van der Waals surface area contributed by atoms with E-state index >= 15 is 0 Å². The monoisotopic (exact) mass is 427 g/mol. The summed E-state index contributed by atoms with van der Waals surface area (Å²) in [7, 11) is 1.99. The predicted molar refractivity (Wildman–Crippen MR) is 128 cm³/mol. The fraction of sp³-hybridized carbons (Fsp3) is 0.160. The van der Waals surface area contributed by atoms with Gasteiger partial charge in [0.2, 0.25) is 0 Å². The van der Waals surface area contributed by atoms with E-state index in [9.17, 15) is 9.59 Å². The summed E-state index contributed by atoms with van der Waals surface area (Å²) in [5.74, 6) is 0.646. The van der Waals surface area contributed by atoms with Crippen LogP contribution in [0.2, 0.25) is 0 Å². The summed E-state index contributed by atoms with van der Waals surface area (Å²) in [4.78, 5) is 29.1. The molecule has 3 N–H and O–H groups in total. The lowest BCUT2D eigenvalue weighted by Gasteiger charge is -2.11. The summed E-state index contributed by atoms with van der Waals surface area (Å²) in [5.41, 5.74) is 4.79. The Bertz CT molecular complexity index is 1260. The average molecular weight is 428 g/mol. The predicted octanol–water partition coefficient (Wildman–Crippen LogP) is 5.02. The largest absolute Gasteiger partial charge is 0.336 e. The van der Waals surface area contributed by atoms with Crippen LogP contribution in [0.5, 0.6) is 0 Å². The maximum atomic E-state index is 12.6. The number of amides is 3. The first-order valence-corrected chi connectivity index (χ1v) is 10.4. The first kappa shape index (κ1) is 21.1. The van der Waals surface area contributed by atoms with Crippen LogP contribution in [0, 0.1) is 0 Å². The second-order valence-electron chi connectivity index (χ2n) is 7.85. The normalized spacial score (nSPS) is 10.9. The highest BCUT2D eigenvalue weighted by atomic mass is 16.2. The molecule has 4 rings (SSSR count). The standard InChI is InChI=1S/C25H25N5O2/c1-16(2)26-25(32)28-20-14-10-18(11-15-20)24(31)27-19-12-8-17(9-13-19)23-29-21-6-4-5-7-22(21)30(23)3/h4-16H,1-3H3,(H,27,31)(H2,26,28,32). The second-order valence-corrected chi connectivity index (χ2v) is 7.85. The molecule has 0 bridgehead atoms. The van der Waals surface area contributed by atoms with Gasteiger partial charge in [-0.2, -0.15) is 0 Å². The van der Waals surface area contributed by atoms with Crippen molar-refractivity contribution in [3.63, 3.8) is 0 Å². The minimum Gasteiger partial charge on any atom is -0.336 e. The molecule has 0 aliphatic rings. The van der Waals surface area contributed by atoms with Crippen molar-refractivity contribution < 1.29 is 9.59 Å². The number of hydrogen-bond donors (Lipinski definition) is 3. The summed E-state index contributed by atoms with van der Waals surface area (Å²) < 4.78 is 2.06. The van der Waals surface area contributed by atoms with E-state index < -0.39 is 0 Å². The Hall–Kier alpha value is -4.13. The van der Waals surface area contributed by atoms with Crippen LogP contribution in [-0.2, 0) is 7.05 Å². The Balaban J connectivity index is 1.42. The minimum absolute atomic E-state index is 0.0444. The minimum atomic E-state index is -0.280. The van der Waals surface area contributed by atoms with Crippen molar-refractivity contribution in [2.45, 2.75) is 19.9 Å². The molecule has 0 unspecified atom stereocenters. The first-order valence-electron chi connectivity index (χ1n) is 10.4. The molecule has 0 radical (unpaired) electrons. The lowest BCUT2D eigenvalue weighted by Crippen LogP contribution is -2.34. The molecular weight excluding hydrogens is 402 g/mol. The van der Waals surface area contributed by atoms with E-state index in [2.05, 4.69) is 20.5 Å². The van der Waals surface area contributed by atoms with Gasteiger partial charge in [-0.3, -0.25) is 4.79 Å². The molecule has 0 saturated carbocycles. The molecule has 0 aliphatic heterocycles. The zero-order chi connectivity index (χ0) is 22.7. The summed E-state index contributed by atoms with van der Waals surface area (Å²) in [5, 5.41) is 8.39. The number of fused-ring (bicyclic) bond motifs is 1. The smallest absolute Gasteiger partial charge is 0.319 e. The number of anilines is 2. The van der Waals surface area contributed by atoms with Crippen molar-refractivity contribution in [3.05, 3.63) is 78.4 Å². The Morgan fingerprint density at radius 3 is 2.12 bits per heavy atom. The Labute approximate surface area is 186 Å². The molecule has 162 valence electrons. The molecule has 4 aromatic rings. The first-order chi connectivity index (χ1) is 15.4. The highest BCUT2D eigenvalue weighted by molar-refractivity contribution is 6.04. The molecule has 7 nitrogen and oxygen atoms in total.